The highest BCUT2D eigenvalue weighted by Crippen LogP contribution is 2.26. The summed E-state index contributed by atoms with van der Waals surface area (Å²) in [6.45, 7) is 3.97. The molecule has 0 aliphatic heterocycles. The molecule has 1 aliphatic rings. The van der Waals surface area contributed by atoms with Crippen LogP contribution in [0.5, 0.6) is 0 Å². The van der Waals surface area contributed by atoms with Crippen LogP contribution in [0.3, 0.4) is 0 Å². The van der Waals surface area contributed by atoms with Crippen molar-refractivity contribution >= 4 is 23.3 Å². The van der Waals surface area contributed by atoms with Gasteiger partial charge in [-0.2, -0.15) is 10.4 Å². The number of anilines is 1. The highest BCUT2D eigenvalue weighted by Gasteiger charge is 2.28. The first-order valence-corrected chi connectivity index (χ1v) is 11.5. The first-order valence-electron chi connectivity index (χ1n) is 11.5. The van der Waals surface area contributed by atoms with Crippen LogP contribution in [0.15, 0.2) is 30.7 Å². The number of aromatic nitrogens is 4. The number of carboxylic acid groups (broad SMARTS) is 1. The second-order valence-corrected chi connectivity index (χ2v) is 9.06. The SMILES string of the molecule is CC(C)Nc1cc(-c2cnc3cc(C#N)cnn23)ncc1C(=O)N[C@H]1CC[C@H](N(C)C(=O)O)CC1. The molecule has 1 aliphatic carbocycles. The molecule has 0 aromatic carbocycles. The maximum Gasteiger partial charge on any atom is 0.407 e. The van der Waals surface area contributed by atoms with Gasteiger partial charge >= 0.3 is 6.09 Å². The number of hydrogen-bond acceptors (Lipinski definition) is 7. The molecule has 3 aromatic heterocycles. The molecule has 3 heterocycles. The minimum atomic E-state index is -0.931. The Bertz CT molecular complexity index is 1290. The lowest BCUT2D eigenvalue weighted by Gasteiger charge is -2.33. The van der Waals surface area contributed by atoms with E-state index in [0.717, 1.165) is 0 Å². The summed E-state index contributed by atoms with van der Waals surface area (Å²) in [7, 11) is 1.59. The quantitative estimate of drug-likeness (QED) is 0.491. The Morgan fingerprint density at radius 1 is 1.17 bits per heavy atom. The first kappa shape index (κ1) is 23.9. The molecule has 0 spiro atoms. The zero-order valence-electron chi connectivity index (χ0n) is 19.9. The molecule has 0 radical (unpaired) electrons. The second-order valence-electron chi connectivity index (χ2n) is 9.06. The third kappa shape index (κ3) is 5.16. The topological polar surface area (TPSA) is 149 Å². The van der Waals surface area contributed by atoms with Crippen molar-refractivity contribution in [3.8, 4) is 17.5 Å². The van der Waals surface area contributed by atoms with E-state index in [4.69, 9.17) is 5.26 Å². The van der Waals surface area contributed by atoms with Crippen LogP contribution in [-0.2, 0) is 0 Å². The number of nitrogens with one attached hydrogen (secondary N) is 2. The third-order valence-corrected chi connectivity index (χ3v) is 6.23. The van der Waals surface area contributed by atoms with Crippen molar-refractivity contribution in [2.24, 2.45) is 0 Å². The predicted octanol–water partition coefficient (Wildman–Crippen LogP) is 3.13. The predicted molar refractivity (Wildman–Crippen MR) is 129 cm³/mol. The van der Waals surface area contributed by atoms with Gasteiger partial charge < -0.3 is 20.6 Å². The number of imidazole rings is 1. The highest BCUT2D eigenvalue weighted by atomic mass is 16.4. The summed E-state index contributed by atoms with van der Waals surface area (Å²) in [4.78, 5) is 34.6. The lowest BCUT2D eigenvalue weighted by molar-refractivity contribution is 0.0902. The summed E-state index contributed by atoms with van der Waals surface area (Å²) in [6, 6.07) is 5.53. The van der Waals surface area contributed by atoms with Gasteiger partial charge in [-0.15, -0.1) is 0 Å². The van der Waals surface area contributed by atoms with E-state index in [9.17, 15) is 14.7 Å². The van der Waals surface area contributed by atoms with E-state index in [-0.39, 0.29) is 24.0 Å². The molecule has 1 fully saturated rings. The molecule has 3 N–H and O–H groups in total. The number of nitrogens with zero attached hydrogens (tertiary/aromatic N) is 6. The van der Waals surface area contributed by atoms with Crippen molar-refractivity contribution < 1.29 is 14.7 Å². The average molecular weight is 477 g/mol. The van der Waals surface area contributed by atoms with Gasteiger partial charge in [0.15, 0.2) is 5.65 Å². The number of hydrogen-bond donors (Lipinski definition) is 3. The fraction of sp³-hybridized carbons (Fsp3) is 0.417. The molecule has 1 saturated carbocycles. The van der Waals surface area contributed by atoms with Gasteiger partial charge in [-0.05, 0) is 45.6 Å². The summed E-state index contributed by atoms with van der Waals surface area (Å²) in [5.41, 5.74) is 3.26. The van der Waals surface area contributed by atoms with Crippen LogP contribution < -0.4 is 10.6 Å². The molecular formula is C24H28N8O3. The molecule has 0 atom stereocenters. The molecule has 0 saturated heterocycles. The van der Waals surface area contributed by atoms with Crippen LogP contribution in [0.1, 0.15) is 55.5 Å². The number of pyridine rings is 1. The largest absolute Gasteiger partial charge is 0.465 e. The van der Waals surface area contributed by atoms with Gasteiger partial charge in [-0.25, -0.2) is 14.3 Å². The maximum absolute atomic E-state index is 13.2. The molecular weight excluding hydrogens is 448 g/mol. The number of nitriles is 1. The summed E-state index contributed by atoms with van der Waals surface area (Å²) in [6.07, 6.45) is 6.55. The third-order valence-electron chi connectivity index (χ3n) is 6.23. The first-order chi connectivity index (χ1) is 16.8. The van der Waals surface area contributed by atoms with Crippen LogP contribution in [0.25, 0.3) is 17.0 Å². The van der Waals surface area contributed by atoms with Gasteiger partial charge in [0.25, 0.3) is 5.91 Å². The Balaban J connectivity index is 1.54. The summed E-state index contributed by atoms with van der Waals surface area (Å²) >= 11 is 0. The van der Waals surface area contributed by atoms with Crippen molar-refractivity contribution in [1.82, 2.24) is 29.8 Å². The number of rotatable bonds is 6. The van der Waals surface area contributed by atoms with E-state index in [1.54, 1.807) is 36.1 Å². The molecule has 4 rings (SSSR count). The average Bonchev–Trinajstić information content (AvgIpc) is 3.26. The van der Waals surface area contributed by atoms with Gasteiger partial charge in [-0.3, -0.25) is 9.78 Å². The van der Waals surface area contributed by atoms with Crippen LogP contribution in [-0.4, -0.2) is 66.8 Å². The van der Waals surface area contributed by atoms with Gasteiger partial charge in [-0.1, -0.05) is 0 Å². The second kappa shape index (κ2) is 9.97. The van der Waals surface area contributed by atoms with Gasteiger partial charge in [0.1, 0.15) is 11.8 Å². The summed E-state index contributed by atoms with van der Waals surface area (Å²) in [5, 5.41) is 29.0. The Kier molecular flexibility index (Phi) is 6.82. The van der Waals surface area contributed by atoms with Gasteiger partial charge in [0, 0.05) is 37.4 Å². The van der Waals surface area contributed by atoms with Crippen LogP contribution in [0.2, 0.25) is 0 Å². The fourth-order valence-electron chi connectivity index (χ4n) is 4.35. The number of amides is 2. The number of carbonyl (C=O) groups is 2. The monoisotopic (exact) mass is 476 g/mol. The lowest BCUT2D eigenvalue weighted by Crippen LogP contribution is -2.44. The molecule has 182 valence electrons. The minimum Gasteiger partial charge on any atom is -0.465 e. The molecule has 35 heavy (non-hydrogen) atoms. The Labute approximate surface area is 202 Å². The van der Waals surface area contributed by atoms with E-state index >= 15 is 0 Å². The number of fused-ring (bicyclic) bond motifs is 1. The molecule has 11 heteroatoms. The molecule has 0 bridgehead atoms. The van der Waals surface area contributed by atoms with E-state index < -0.39 is 6.09 Å². The van der Waals surface area contributed by atoms with Crippen molar-refractivity contribution in [1.29, 1.82) is 5.26 Å². The highest BCUT2D eigenvalue weighted by molar-refractivity contribution is 6.00. The fourth-order valence-corrected chi connectivity index (χ4v) is 4.35. The van der Waals surface area contributed by atoms with Crippen molar-refractivity contribution in [2.75, 3.05) is 12.4 Å². The van der Waals surface area contributed by atoms with Crippen molar-refractivity contribution in [2.45, 2.75) is 57.7 Å². The van der Waals surface area contributed by atoms with Crippen LogP contribution in [0.4, 0.5) is 10.5 Å². The van der Waals surface area contributed by atoms with Crippen LogP contribution in [0, 0.1) is 11.3 Å². The number of carbonyl (C=O) groups excluding carboxylic acids is 1. The minimum absolute atomic E-state index is 0.0233. The molecule has 3 aromatic rings. The van der Waals surface area contributed by atoms with E-state index in [1.165, 1.54) is 11.1 Å². The van der Waals surface area contributed by atoms with Crippen molar-refractivity contribution in [3.63, 3.8) is 0 Å². The molecule has 2 amide bonds. The molecule has 11 nitrogen and oxygen atoms in total. The Hall–Kier alpha value is -4.20. The summed E-state index contributed by atoms with van der Waals surface area (Å²) < 4.78 is 1.61. The van der Waals surface area contributed by atoms with Crippen LogP contribution >= 0.6 is 0 Å². The van der Waals surface area contributed by atoms with Gasteiger partial charge in [0.2, 0.25) is 0 Å². The smallest absolute Gasteiger partial charge is 0.407 e. The van der Waals surface area contributed by atoms with E-state index in [1.807, 2.05) is 13.8 Å². The zero-order chi connectivity index (χ0) is 25.1. The zero-order valence-corrected chi connectivity index (χ0v) is 19.9. The van der Waals surface area contributed by atoms with Crippen molar-refractivity contribution in [3.05, 3.63) is 41.9 Å². The molecule has 0 unspecified atom stereocenters. The Morgan fingerprint density at radius 3 is 2.57 bits per heavy atom. The summed E-state index contributed by atoms with van der Waals surface area (Å²) in [5.74, 6) is -0.225. The van der Waals surface area contributed by atoms with E-state index in [0.29, 0.717) is 59.5 Å². The Morgan fingerprint density at radius 2 is 1.91 bits per heavy atom. The maximum atomic E-state index is 13.2. The lowest BCUT2D eigenvalue weighted by atomic mass is 9.90. The standard InChI is InChI=1S/C24H28N8O3/c1-14(2)29-19-9-20(21-13-27-22-8-15(10-25)11-28-32(21)22)26-12-18(19)23(33)30-16-4-6-17(7-5-16)31(3)24(34)35/h8-9,11-14,16-17H,4-7H2,1-3H3,(H,26,29)(H,30,33)(H,34,35)/t16-,17-. The normalized spacial score (nSPS) is 17.7. The van der Waals surface area contributed by atoms with Gasteiger partial charge in [0.05, 0.1) is 34.9 Å². The van der Waals surface area contributed by atoms with E-state index in [2.05, 4.69) is 31.8 Å².